The molecule has 0 bridgehead atoms. The third-order valence-electron chi connectivity index (χ3n) is 6.44. The van der Waals surface area contributed by atoms with E-state index >= 15 is 0 Å². The number of carbonyl (C=O) groups excluding carboxylic acids is 3. The second-order valence-electron chi connectivity index (χ2n) is 9.50. The number of carboxylic acids is 2. The molecule has 0 aliphatic heterocycles. The predicted molar refractivity (Wildman–Crippen MR) is 148 cm³/mol. The number of aromatic amines is 1. The minimum atomic E-state index is -1.66. The topological polar surface area (TPSA) is 224 Å². The number of fused-ring (bicyclic) bond motifs is 1. The second-order valence-corrected chi connectivity index (χ2v) is 9.50. The Morgan fingerprint density at radius 2 is 1.39 bits per heavy atom. The van der Waals surface area contributed by atoms with E-state index in [-0.39, 0.29) is 19.3 Å². The minimum absolute atomic E-state index is 0.00129. The van der Waals surface area contributed by atoms with Crippen molar-refractivity contribution in [2.24, 2.45) is 5.73 Å². The maximum Gasteiger partial charge on any atom is 0.328 e. The highest BCUT2D eigenvalue weighted by Crippen LogP contribution is 2.19. The lowest BCUT2D eigenvalue weighted by atomic mass is 10.0. The summed E-state index contributed by atoms with van der Waals surface area (Å²) in [6, 6.07) is 11.0. The molecule has 13 heteroatoms. The summed E-state index contributed by atoms with van der Waals surface area (Å²) < 4.78 is 0. The Balaban J connectivity index is 1.83. The molecule has 13 nitrogen and oxygen atoms in total. The molecule has 4 atom stereocenters. The fourth-order valence-electron chi connectivity index (χ4n) is 4.24. The zero-order chi connectivity index (χ0) is 29.9. The molecule has 3 rings (SSSR count). The van der Waals surface area contributed by atoms with Gasteiger partial charge in [-0.15, -0.1) is 0 Å². The number of hydrogen-bond donors (Lipinski definition) is 8. The van der Waals surface area contributed by atoms with E-state index in [0.717, 1.165) is 16.5 Å². The fraction of sp³-hybridized carbons (Fsp3) is 0.321. The van der Waals surface area contributed by atoms with Crippen LogP contribution in [0.3, 0.4) is 0 Å². The summed E-state index contributed by atoms with van der Waals surface area (Å²) in [4.78, 5) is 64.9. The fourth-order valence-corrected chi connectivity index (χ4v) is 4.24. The summed E-state index contributed by atoms with van der Waals surface area (Å²) in [5.41, 5.74) is 8.44. The standard InChI is InChI=1S/C28H33N5O8/c29-19(12-16-6-2-1-3-7-16)25(37)32-22(13-17-14-30-20-9-5-4-8-18(17)20)27(39)31-21(10-11-24(35)36)26(38)33-23(15-34)28(40)41/h1-9,14,19,21-23,30,34H,10-13,15,29H2,(H,31,39)(H,32,37)(H,33,38)(H,35,36)(H,40,41). The summed E-state index contributed by atoms with van der Waals surface area (Å²) in [5.74, 6) is -5.19. The number of para-hydroxylation sites is 1. The zero-order valence-electron chi connectivity index (χ0n) is 22.1. The van der Waals surface area contributed by atoms with Crippen LogP contribution in [0.5, 0.6) is 0 Å². The molecule has 0 saturated carbocycles. The van der Waals surface area contributed by atoms with Gasteiger partial charge in [0.1, 0.15) is 18.1 Å². The molecule has 0 spiro atoms. The Morgan fingerprint density at radius 1 is 0.780 bits per heavy atom. The van der Waals surface area contributed by atoms with Crippen LogP contribution in [0, 0.1) is 0 Å². The van der Waals surface area contributed by atoms with Gasteiger partial charge in [-0.05, 0) is 30.0 Å². The molecule has 0 aliphatic carbocycles. The Hall–Kier alpha value is -4.75. The summed E-state index contributed by atoms with van der Waals surface area (Å²) >= 11 is 0. The first kappa shape index (κ1) is 30.8. The molecule has 0 saturated heterocycles. The molecule has 3 amide bonds. The van der Waals surface area contributed by atoms with E-state index in [2.05, 4.69) is 20.9 Å². The number of aliphatic carboxylic acids is 2. The SMILES string of the molecule is NC(Cc1ccccc1)C(=O)NC(Cc1c[nH]c2ccccc12)C(=O)NC(CCC(=O)O)C(=O)NC(CO)C(=O)O. The molecule has 1 heterocycles. The van der Waals surface area contributed by atoms with Gasteiger partial charge in [0.05, 0.1) is 12.6 Å². The van der Waals surface area contributed by atoms with Crippen LogP contribution in [-0.2, 0) is 36.8 Å². The maximum absolute atomic E-state index is 13.5. The van der Waals surface area contributed by atoms with Crippen molar-refractivity contribution in [3.63, 3.8) is 0 Å². The highest BCUT2D eigenvalue weighted by atomic mass is 16.4. The number of aliphatic hydroxyl groups is 1. The molecule has 4 unspecified atom stereocenters. The van der Waals surface area contributed by atoms with Gasteiger partial charge in [-0.1, -0.05) is 48.5 Å². The molecule has 0 radical (unpaired) electrons. The molecular formula is C28H33N5O8. The van der Waals surface area contributed by atoms with Crippen molar-refractivity contribution in [1.82, 2.24) is 20.9 Å². The third-order valence-corrected chi connectivity index (χ3v) is 6.44. The first-order chi connectivity index (χ1) is 19.6. The van der Waals surface area contributed by atoms with Gasteiger partial charge >= 0.3 is 11.9 Å². The summed E-state index contributed by atoms with van der Waals surface area (Å²) in [6.07, 6.45) is 1.01. The van der Waals surface area contributed by atoms with Crippen molar-refractivity contribution in [2.45, 2.75) is 49.9 Å². The monoisotopic (exact) mass is 567 g/mol. The average molecular weight is 568 g/mol. The first-order valence-corrected chi connectivity index (χ1v) is 12.9. The number of benzene rings is 2. The largest absolute Gasteiger partial charge is 0.481 e. The van der Waals surface area contributed by atoms with Gasteiger partial charge < -0.3 is 42.0 Å². The lowest BCUT2D eigenvalue weighted by Gasteiger charge is -2.25. The van der Waals surface area contributed by atoms with Gasteiger partial charge in [0.2, 0.25) is 17.7 Å². The van der Waals surface area contributed by atoms with E-state index in [1.54, 1.807) is 18.3 Å². The van der Waals surface area contributed by atoms with Gasteiger partial charge in [-0.2, -0.15) is 0 Å². The molecule has 9 N–H and O–H groups in total. The number of nitrogens with one attached hydrogen (secondary N) is 4. The first-order valence-electron chi connectivity index (χ1n) is 12.9. The number of carbonyl (C=O) groups is 5. The van der Waals surface area contributed by atoms with Crippen LogP contribution >= 0.6 is 0 Å². The number of hydrogen-bond acceptors (Lipinski definition) is 7. The number of amides is 3. The van der Waals surface area contributed by atoms with Gasteiger partial charge in [-0.25, -0.2) is 4.79 Å². The van der Waals surface area contributed by atoms with E-state index in [9.17, 15) is 29.1 Å². The van der Waals surface area contributed by atoms with E-state index in [4.69, 9.17) is 15.9 Å². The summed E-state index contributed by atoms with van der Waals surface area (Å²) in [7, 11) is 0. The van der Waals surface area contributed by atoms with Crippen LogP contribution in [0.1, 0.15) is 24.0 Å². The second kappa shape index (κ2) is 14.6. The van der Waals surface area contributed by atoms with Gasteiger partial charge in [0, 0.05) is 29.9 Å². The van der Waals surface area contributed by atoms with Crippen molar-refractivity contribution >= 4 is 40.6 Å². The van der Waals surface area contributed by atoms with Crippen LogP contribution in [0.15, 0.2) is 60.8 Å². The van der Waals surface area contributed by atoms with Crippen LogP contribution in [-0.4, -0.2) is 80.7 Å². The quantitative estimate of drug-likeness (QED) is 0.120. The zero-order valence-corrected chi connectivity index (χ0v) is 22.1. The molecule has 1 aromatic heterocycles. The van der Waals surface area contributed by atoms with Gasteiger partial charge in [0.15, 0.2) is 0 Å². The summed E-state index contributed by atoms with van der Waals surface area (Å²) in [6.45, 7) is -0.917. The van der Waals surface area contributed by atoms with Crippen LogP contribution in [0.25, 0.3) is 10.9 Å². The van der Waals surface area contributed by atoms with Crippen LogP contribution < -0.4 is 21.7 Å². The lowest BCUT2D eigenvalue weighted by molar-refractivity contribution is -0.144. The number of nitrogens with two attached hydrogens (primary N) is 1. The van der Waals surface area contributed by atoms with Crippen molar-refractivity contribution in [2.75, 3.05) is 6.61 Å². The predicted octanol–water partition coefficient (Wildman–Crippen LogP) is -0.323. The number of aliphatic hydroxyl groups excluding tert-OH is 1. The van der Waals surface area contributed by atoms with Crippen molar-refractivity contribution in [1.29, 1.82) is 0 Å². The maximum atomic E-state index is 13.5. The highest BCUT2D eigenvalue weighted by molar-refractivity contribution is 5.95. The number of H-pyrrole nitrogens is 1. The Kier molecular flexibility index (Phi) is 11.0. The molecule has 0 aliphatic rings. The molecule has 3 aromatic rings. The van der Waals surface area contributed by atoms with Crippen molar-refractivity contribution in [3.8, 4) is 0 Å². The number of aromatic nitrogens is 1. The molecule has 218 valence electrons. The number of rotatable bonds is 15. The molecule has 41 heavy (non-hydrogen) atoms. The van der Waals surface area contributed by atoms with Gasteiger partial charge in [-0.3, -0.25) is 19.2 Å². The van der Waals surface area contributed by atoms with Crippen LogP contribution in [0.4, 0.5) is 0 Å². The van der Waals surface area contributed by atoms with E-state index in [0.29, 0.717) is 5.56 Å². The van der Waals surface area contributed by atoms with E-state index < -0.39 is 66.9 Å². The highest BCUT2D eigenvalue weighted by Gasteiger charge is 2.31. The molecule has 2 aromatic carbocycles. The Morgan fingerprint density at radius 3 is 2.05 bits per heavy atom. The van der Waals surface area contributed by atoms with Crippen molar-refractivity contribution < 1.29 is 39.3 Å². The summed E-state index contributed by atoms with van der Waals surface area (Å²) in [5, 5.41) is 35.5. The third kappa shape index (κ3) is 8.88. The van der Waals surface area contributed by atoms with E-state index in [1.807, 2.05) is 42.5 Å². The Labute approximate surface area is 235 Å². The Bertz CT molecular complexity index is 1380. The van der Waals surface area contributed by atoms with Crippen molar-refractivity contribution in [3.05, 3.63) is 71.9 Å². The molecular weight excluding hydrogens is 534 g/mol. The normalized spacial score (nSPS) is 13.9. The van der Waals surface area contributed by atoms with E-state index in [1.165, 1.54) is 0 Å². The molecule has 0 fully saturated rings. The lowest BCUT2D eigenvalue weighted by Crippen LogP contribution is -2.58. The average Bonchev–Trinajstić information content (AvgIpc) is 3.36. The van der Waals surface area contributed by atoms with Gasteiger partial charge in [0.25, 0.3) is 0 Å². The number of carboxylic acid groups (broad SMARTS) is 2. The van der Waals surface area contributed by atoms with Crippen LogP contribution in [0.2, 0.25) is 0 Å². The minimum Gasteiger partial charge on any atom is -0.481 e. The smallest absolute Gasteiger partial charge is 0.328 e.